The van der Waals surface area contributed by atoms with Crippen LogP contribution in [-0.4, -0.2) is 33.7 Å². The molecule has 0 unspecified atom stereocenters. The fraction of sp³-hybridized carbons (Fsp3) is 0.462. The Kier molecular flexibility index (Phi) is 4.09. The summed E-state index contributed by atoms with van der Waals surface area (Å²) in [7, 11) is 0. The molecule has 1 aromatic rings. The van der Waals surface area contributed by atoms with Gasteiger partial charge in [-0.1, -0.05) is 17.7 Å². The molecule has 1 aliphatic rings. The fourth-order valence-electron chi connectivity index (χ4n) is 1.95. The molecule has 0 heterocycles. The van der Waals surface area contributed by atoms with Gasteiger partial charge in [0, 0.05) is 19.1 Å². The van der Waals surface area contributed by atoms with Gasteiger partial charge in [-0.05, 0) is 30.5 Å². The van der Waals surface area contributed by atoms with Crippen LogP contribution in [-0.2, 0) is 11.3 Å². The number of aliphatic carboxylic acids is 1. The molecule has 18 heavy (non-hydrogen) atoms. The van der Waals surface area contributed by atoms with Gasteiger partial charge in [0.15, 0.2) is 0 Å². The average Bonchev–Trinajstić information content (AvgIpc) is 3.13. The summed E-state index contributed by atoms with van der Waals surface area (Å²) in [5.74, 6) is -0.701. The highest BCUT2D eigenvalue weighted by atomic mass is 35.5. The third-order valence-electron chi connectivity index (χ3n) is 3.07. The lowest BCUT2D eigenvalue weighted by atomic mass is 10.2. The van der Waals surface area contributed by atoms with Crippen LogP contribution >= 0.6 is 11.6 Å². The molecule has 2 N–H and O–H groups in total. The van der Waals surface area contributed by atoms with E-state index in [4.69, 9.17) is 16.7 Å². The number of benzene rings is 1. The predicted molar refractivity (Wildman–Crippen MR) is 68.8 cm³/mol. The number of hydrogen-bond acceptors (Lipinski definition) is 3. The minimum Gasteiger partial charge on any atom is -0.506 e. The summed E-state index contributed by atoms with van der Waals surface area (Å²) in [6.07, 6.45) is 2.42. The molecule has 0 amide bonds. The highest BCUT2D eigenvalue weighted by Gasteiger charge is 2.29. The van der Waals surface area contributed by atoms with Gasteiger partial charge in [-0.25, -0.2) is 0 Å². The molecule has 0 spiro atoms. The monoisotopic (exact) mass is 269 g/mol. The summed E-state index contributed by atoms with van der Waals surface area (Å²) in [5, 5.41) is 18.4. The van der Waals surface area contributed by atoms with Crippen LogP contribution in [0.2, 0.25) is 5.02 Å². The number of rotatable bonds is 6. The van der Waals surface area contributed by atoms with Crippen molar-refractivity contribution in [2.24, 2.45) is 0 Å². The molecular weight excluding hydrogens is 254 g/mol. The fourth-order valence-corrected chi connectivity index (χ4v) is 2.16. The van der Waals surface area contributed by atoms with Crippen LogP contribution in [0, 0.1) is 0 Å². The molecule has 0 atom stereocenters. The summed E-state index contributed by atoms with van der Waals surface area (Å²) in [6.45, 7) is 1.23. The highest BCUT2D eigenvalue weighted by molar-refractivity contribution is 6.32. The Balaban J connectivity index is 1.99. The Labute approximate surface area is 111 Å². The van der Waals surface area contributed by atoms with Gasteiger partial charge in [-0.15, -0.1) is 0 Å². The van der Waals surface area contributed by atoms with Crippen LogP contribution < -0.4 is 0 Å². The zero-order valence-corrected chi connectivity index (χ0v) is 10.7. The van der Waals surface area contributed by atoms with Crippen molar-refractivity contribution < 1.29 is 15.0 Å². The first-order valence-electron chi connectivity index (χ1n) is 5.99. The van der Waals surface area contributed by atoms with E-state index in [0.29, 0.717) is 24.2 Å². The highest BCUT2D eigenvalue weighted by Crippen LogP contribution is 2.30. The van der Waals surface area contributed by atoms with E-state index >= 15 is 0 Å². The summed E-state index contributed by atoms with van der Waals surface area (Å²) >= 11 is 5.86. The molecule has 0 saturated heterocycles. The van der Waals surface area contributed by atoms with Crippen LogP contribution in [0.4, 0.5) is 0 Å². The van der Waals surface area contributed by atoms with Gasteiger partial charge < -0.3 is 10.2 Å². The Morgan fingerprint density at radius 3 is 2.72 bits per heavy atom. The number of phenolic OH excluding ortho intramolecular Hbond substituents is 1. The molecule has 2 rings (SSSR count). The second kappa shape index (κ2) is 5.59. The van der Waals surface area contributed by atoms with Crippen molar-refractivity contribution >= 4 is 17.6 Å². The molecule has 1 aliphatic carbocycles. The lowest BCUT2D eigenvalue weighted by Crippen LogP contribution is -2.28. The number of carboxylic acids is 1. The van der Waals surface area contributed by atoms with E-state index in [0.717, 1.165) is 18.4 Å². The van der Waals surface area contributed by atoms with Crippen LogP contribution in [0.1, 0.15) is 24.8 Å². The Morgan fingerprint density at radius 2 is 2.17 bits per heavy atom. The van der Waals surface area contributed by atoms with Gasteiger partial charge in [0.1, 0.15) is 5.75 Å². The first kappa shape index (κ1) is 13.2. The molecule has 0 aromatic heterocycles. The van der Waals surface area contributed by atoms with Crippen LogP contribution in [0.3, 0.4) is 0 Å². The van der Waals surface area contributed by atoms with E-state index in [1.807, 2.05) is 6.07 Å². The summed E-state index contributed by atoms with van der Waals surface area (Å²) in [5.41, 5.74) is 0.995. The molecule has 4 nitrogen and oxygen atoms in total. The predicted octanol–water partition coefficient (Wildman–Crippen LogP) is 2.48. The molecule has 0 bridgehead atoms. The maximum Gasteiger partial charge on any atom is 0.304 e. The first-order chi connectivity index (χ1) is 8.56. The second-order valence-electron chi connectivity index (χ2n) is 4.63. The van der Waals surface area contributed by atoms with E-state index in [1.165, 1.54) is 0 Å². The van der Waals surface area contributed by atoms with Gasteiger partial charge in [0.25, 0.3) is 0 Å². The lowest BCUT2D eigenvalue weighted by molar-refractivity contribution is -0.137. The number of carbonyl (C=O) groups is 1. The quantitative estimate of drug-likeness (QED) is 0.833. The van der Waals surface area contributed by atoms with Crippen molar-refractivity contribution in [2.45, 2.75) is 31.8 Å². The molecule has 5 heteroatoms. The SMILES string of the molecule is O=C(O)CCN(Cc1ccc(O)c(Cl)c1)C1CC1. The van der Waals surface area contributed by atoms with E-state index in [1.54, 1.807) is 12.1 Å². The van der Waals surface area contributed by atoms with E-state index < -0.39 is 5.97 Å². The van der Waals surface area contributed by atoms with Crippen LogP contribution in [0.15, 0.2) is 18.2 Å². The molecule has 1 fully saturated rings. The van der Waals surface area contributed by atoms with Crippen LogP contribution in [0.25, 0.3) is 0 Å². The van der Waals surface area contributed by atoms with E-state index in [9.17, 15) is 9.90 Å². The minimum atomic E-state index is -0.774. The zero-order valence-electron chi connectivity index (χ0n) is 9.97. The Morgan fingerprint density at radius 1 is 1.44 bits per heavy atom. The average molecular weight is 270 g/mol. The van der Waals surface area contributed by atoms with Crippen molar-refractivity contribution in [1.29, 1.82) is 0 Å². The molecule has 98 valence electrons. The van der Waals surface area contributed by atoms with Crippen molar-refractivity contribution in [3.05, 3.63) is 28.8 Å². The normalized spacial score (nSPS) is 15.0. The largest absolute Gasteiger partial charge is 0.506 e. The summed E-state index contributed by atoms with van der Waals surface area (Å²) < 4.78 is 0. The van der Waals surface area contributed by atoms with Crippen molar-refractivity contribution in [1.82, 2.24) is 4.90 Å². The van der Waals surface area contributed by atoms with E-state index in [2.05, 4.69) is 4.90 Å². The molecular formula is C13H16ClNO3. The Bertz CT molecular complexity index is 446. The summed E-state index contributed by atoms with van der Waals surface area (Å²) in [6, 6.07) is 5.61. The van der Waals surface area contributed by atoms with Crippen molar-refractivity contribution in [2.75, 3.05) is 6.54 Å². The number of halogens is 1. The lowest BCUT2D eigenvalue weighted by Gasteiger charge is -2.21. The molecule has 0 aliphatic heterocycles. The number of carboxylic acid groups (broad SMARTS) is 1. The van der Waals surface area contributed by atoms with Gasteiger partial charge >= 0.3 is 5.97 Å². The van der Waals surface area contributed by atoms with Gasteiger partial charge in [-0.3, -0.25) is 9.69 Å². The minimum absolute atomic E-state index is 0.0731. The van der Waals surface area contributed by atoms with Gasteiger partial charge in [-0.2, -0.15) is 0 Å². The number of nitrogens with zero attached hydrogens (tertiary/aromatic N) is 1. The third kappa shape index (κ3) is 3.62. The molecule has 0 radical (unpaired) electrons. The smallest absolute Gasteiger partial charge is 0.304 e. The van der Waals surface area contributed by atoms with Gasteiger partial charge in [0.05, 0.1) is 11.4 Å². The standard InChI is InChI=1S/C13H16ClNO3/c14-11-7-9(1-4-12(11)16)8-15(10-2-3-10)6-5-13(17)18/h1,4,7,10,16H,2-3,5-6,8H2,(H,17,18). The topological polar surface area (TPSA) is 60.8 Å². The maximum absolute atomic E-state index is 10.6. The molecule has 1 saturated carbocycles. The third-order valence-corrected chi connectivity index (χ3v) is 3.38. The molecule has 1 aromatic carbocycles. The van der Waals surface area contributed by atoms with E-state index in [-0.39, 0.29) is 12.2 Å². The van der Waals surface area contributed by atoms with Gasteiger partial charge in [0.2, 0.25) is 0 Å². The maximum atomic E-state index is 10.6. The van der Waals surface area contributed by atoms with Crippen LogP contribution in [0.5, 0.6) is 5.75 Å². The van der Waals surface area contributed by atoms with Crippen molar-refractivity contribution in [3.63, 3.8) is 0 Å². The zero-order chi connectivity index (χ0) is 13.1. The first-order valence-corrected chi connectivity index (χ1v) is 6.37. The number of aromatic hydroxyl groups is 1. The number of hydrogen-bond donors (Lipinski definition) is 2. The van der Waals surface area contributed by atoms with Crippen molar-refractivity contribution in [3.8, 4) is 5.75 Å². The second-order valence-corrected chi connectivity index (χ2v) is 5.04. The Hall–Kier alpha value is -1.26. The summed E-state index contributed by atoms with van der Waals surface area (Å²) in [4.78, 5) is 12.8. The number of phenols is 1.